The molecule has 0 amide bonds. The van der Waals surface area contributed by atoms with E-state index in [-0.39, 0.29) is 17.1 Å². The fourth-order valence-corrected chi connectivity index (χ4v) is 1.79. The summed E-state index contributed by atoms with van der Waals surface area (Å²) in [5, 5.41) is 3.29. The van der Waals surface area contributed by atoms with E-state index >= 15 is 0 Å². The third kappa shape index (κ3) is 4.53. The summed E-state index contributed by atoms with van der Waals surface area (Å²) in [6, 6.07) is 10.3. The highest BCUT2D eigenvalue weighted by Gasteiger charge is 2.14. The Bertz CT molecular complexity index is 603. The normalized spacial score (nSPS) is 11.5. The van der Waals surface area contributed by atoms with Gasteiger partial charge in [-0.2, -0.15) is 0 Å². The van der Waals surface area contributed by atoms with Crippen molar-refractivity contribution in [3.63, 3.8) is 0 Å². The second-order valence-corrected chi connectivity index (χ2v) is 5.89. The van der Waals surface area contributed by atoms with Crippen molar-refractivity contribution in [1.82, 2.24) is 5.32 Å². The van der Waals surface area contributed by atoms with Crippen molar-refractivity contribution in [3.05, 3.63) is 59.7 Å². The molecule has 0 aliphatic carbocycles. The Hall–Kier alpha value is -1.94. The van der Waals surface area contributed by atoms with Gasteiger partial charge in [-0.15, -0.1) is 0 Å². The number of rotatable bonds is 4. The van der Waals surface area contributed by atoms with Gasteiger partial charge in [0.05, 0.1) is 0 Å². The van der Waals surface area contributed by atoms with Gasteiger partial charge in [0.1, 0.15) is 11.6 Å². The topological polar surface area (TPSA) is 21.3 Å². The minimum atomic E-state index is -0.437. The maximum absolute atomic E-state index is 14.0. The Kier molecular flexibility index (Phi) is 4.58. The highest BCUT2D eigenvalue weighted by Crippen LogP contribution is 2.28. The Morgan fingerprint density at radius 1 is 1.00 bits per heavy atom. The molecule has 2 aromatic carbocycles. The van der Waals surface area contributed by atoms with Crippen LogP contribution in [0.1, 0.15) is 26.3 Å². The van der Waals surface area contributed by atoms with E-state index in [1.165, 1.54) is 30.3 Å². The molecule has 2 rings (SSSR count). The highest BCUT2D eigenvalue weighted by molar-refractivity contribution is 5.39. The van der Waals surface area contributed by atoms with Gasteiger partial charge in [-0.05, 0) is 51.1 Å². The van der Waals surface area contributed by atoms with Crippen LogP contribution in [0.15, 0.2) is 42.5 Å². The van der Waals surface area contributed by atoms with Crippen LogP contribution in [0.5, 0.6) is 11.5 Å². The summed E-state index contributed by atoms with van der Waals surface area (Å²) in [4.78, 5) is 0. The van der Waals surface area contributed by atoms with E-state index in [0.717, 1.165) is 0 Å². The average molecular weight is 291 g/mol. The number of hydrogen-bond acceptors (Lipinski definition) is 2. The molecule has 0 aliphatic rings. The van der Waals surface area contributed by atoms with Gasteiger partial charge in [0.15, 0.2) is 11.6 Å². The van der Waals surface area contributed by atoms with Crippen molar-refractivity contribution in [1.29, 1.82) is 0 Å². The second-order valence-electron chi connectivity index (χ2n) is 5.89. The Morgan fingerprint density at radius 2 is 1.67 bits per heavy atom. The monoisotopic (exact) mass is 291 g/mol. The molecule has 1 N–H and O–H groups in total. The summed E-state index contributed by atoms with van der Waals surface area (Å²) in [5.41, 5.74) is 0.633. The highest BCUT2D eigenvalue weighted by atomic mass is 19.1. The number of halogens is 2. The molecule has 0 saturated heterocycles. The van der Waals surface area contributed by atoms with Gasteiger partial charge in [-0.3, -0.25) is 0 Å². The number of ether oxygens (including phenoxy) is 1. The van der Waals surface area contributed by atoms with Gasteiger partial charge < -0.3 is 10.1 Å². The number of benzene rings is 2. The Balaban J connectivity index is 2.23. The lowest BCUT2D eigenvalue weighted by Crippen LogP contribution is -2.35. The average Bonchev–Trinajstić information content (AvgIpc) is 2.41. The van der Waals surface area contributed by atoms with Gasteiger partial charge in [0, 0.05) is 17.6 Å². The van der Waals surface area contributed by atoms with Crippen molar-refractivity contribution in [2.45, 2.75) is 32.9 Å². The van der Waals surface area contributed by atoms with E-state index in [2.05, 4.69) is 5.32 Å². The lowest BCUT2D eigenvalue weighted by Gasteiger charge is -2.21. The summed E-state index contributed by atoms with van der Waals surface area (Å²) in [7, 11) is 0. The van der Waals surface area contributed by atoms with Gasteiger partial charge in [-0.25, -0.2) is 8.78 Å². The molecular formula is C17H19F2NO. The minimum Gasteiger partial charge on any atom is -0.454 e. The van der Waals surface area contributed by atoms with Crippen LogP contribution in [0.4, 0.5) is 8.78 Å². The molecule has 0 atom stereocenters. The van der Waals surface area contributed by atoms with Crippen molar-refractivity contribution in [2.75, 3.05) is 0 Å². The molecule has 0 radical (unpaired) electrons. The van der Waals surface area contributed by atoms with Crippen LogP contribution >= 0.6 is 0 Å². The molecule has 2 nitrogen and oxygen atoms in total. The quantitative estimate of drug-likeness (QED) is 0.885. The zero-order valence-electron chi connectivity index (χ0n) is 12.4. The molecule has 21 heavy (non-hydrogen) atoms. The van der Waals surface area contributed by atoms with Crippen LogP contribution in [0.25, 0.3) is 0 Å². The fraction of sp³-hybridized carbons (Fsp3) is 0.294. The molecule has 0 spiro atoms. The zero-order valence-corrected chi connectivity index (χ0v) is 12.4. The first-order valence-corrected chi connectivity index (χ1v) is 6.81. The van der Waals surface area contributed by atoms with Gasteiger partial charge in [0.25, 0.3) is 0 Å². The maximum Gasteiger partial charge on any atom is 0.167 e. The Labute approximate surface area is 123 Å². The standard InChI is InChI=1S/C17H19F2NO/c1-17(2,3)20-11-12-5-4-6-15(19)16(12)21-14-9-7-13(18)8-10-14/h4-10,20H,11H2,1-3H3. The molecule has 0 unspecified atom stereocenters. The van der Waals surface area contributed by atoms with Crippen LogP contribution in [0.2, 0.25) is 0 Å². The fourth-order valence-electron chi connectivity index (χ4n) is 1.79. The molecule has 4 heteroatoms. The summed E-state index contributed by atoms with van der Waals surface area (Å²) in [6.07, 6.45) is 0. The van der Waals surface area contributed by atoms with Crippen LogP contribution < -0.4 is 10.1 Å². The van der Waals surface area contributed by atoms with Crippen molar-refractivity contribution >= 4 is 0 Å². The first-order chi connectivity index (χ1) is 9.85. The lowest BCUT2D eigenvalue weighted by atomic mass is 10.1. The molecule has 0 bridgehead atoms. The van der Waals surface area contributed by atoms with Crippen LogP contribution in [-0.2, 0) is 6.54 Å². The predicted octanol–water partition coefficient (Wildman–Crippen LogP) is 4.65. The van der Waals surface area contributed by atoms with Gasteiger partial charge >= 0.3 is 0 Å². The van der Waals surface area contributed by atoms with Gasteiger partial charge in [-0.1, -0.05) is 12.1 Å². The third-order valence-corrected chi connectivity index (χ3v) is 2.89. The number of nitrogens with one attached hydrogen (secondary N) is 1. The lowest BCUT2D eigenvalue weighted by molar-refractivity contribution is 0.403. The van der Waals surface area contributed by atoms with Crippen molar-refractivity contribution < 1.29 is 13.5 Å². The van der Waals surface area contributed by atoms with E-state index in [4.69, 9.17) is 4.74 Å². The first kappa shape index (κ1) is 15.4. The van der Waals surface area contributed by atoms with E-state index in [1.54, 1.807) is 12.1 Å². The Morgan fingerprint density at radius 3 is 2.29 bits per heavy atom. The van der Waals surface area contributed by atoms with E-state index < -0.39 is 5.82 Å². The second kappa shape index (κ2) is 6.22. The van der Waals surface area contributed by atoms with Crippen LogP contribution in [0, 0.1) is 11.6 Å². The maximum atomic E-state index is 14.0. The van der Waals surface area contributed by atoms with Crippen molar-refractivity contribution in [2.24, 2.45) is 0 Å². The molecule has 0 heterocycles. The number of para-hydroxylation sites is 1. The van der Waals surface area contributed by atoms with Crippen molar-refractivity contribution in [3.8, 4) is 11.5 Å². The molecule has 0 saturated carbocycles. The molecule has 0 fully saturated rings. The summed E-state index contributed by atoms with van der Waals surface area (Å²) in [5.74, 6) is -0.225. The first-order valence-electron chi connectivity index (χ1n) is 6.81. The summed E-state index contributed by atoms with van der Waals surface area (Å²) >= 11 is 0. The molecule has 0 aliphatic heterocycles. The van der Waals surface area contributed by atoms with Gasteiger partial charge in [0.2, 0.25) is 0 Å². The molecule has 2 aromatic rings. The van der Waals surface area contributed by atoms with E-state index in [9.17, 15) is 8.78 Å². The zero-order chi connectivity index (χ0) is 15.5. The largest absolute Gasteiger partial charge is 0.454 e. The van der Waals surface area contributed by atoms with Crippen LogP contribution in [0.3, 0.4) is 0 Å². The molecule has 112 valence electrons. The third-order valence-electron chi connectivity index (χ3n) is 2.89. The van der Waals surface area contributed by atoms with E-state index in [0.29, 0.717) is 17.9 Å². The predicted molar refractivity (Wildman–Crippen MR) is 79.5 cm³/mol. The van der Waals surface area contributed by atoms with Crippen LogP contribution in [-0.4, -0.2) is 5.54 Å². The molecular weight excluding hydrogens is 272 g/mol. The smallest absolute Gasteiger partial charge is 0.167 e. The summed E-state index contributed by atoms with van der Waals surface area (Å²) in [6.45, 7) is 6.59. The van der Waals surface area contributed by atoms with E-state index in [1.807, 2.05) is 20.8 Å². The minimum absolute atomic E-state index is 0.0839. The SMILES string of the molecule is CC(C)(C)NCc1cccc(F)c1Oc1ccc(F)cc1. The number of hydrogen-bond donors (Lipinski definition) is 1. The summed E-state index contributed by atoms with van der Waals surface area (Å²) < 4.78 is 32.5. The molecule has 0 aromatic heterocycles.